The van der Waals surface area contributed by atoms with Crippen LogP contribution in [-0.4, -0.2) is 59.3 Å². The molecule has 1 aliphatic rings. The molecule has 1 aromatic carbocycles. The van der Waals surface area contributed by atoms with E-state index in [4.69, 9.17) is 16.2 Å². The first-order chi connectivity index (χ1) is 15.0. The third kappa shape index (κ3) is 7.52. The van der Waals surface area contributed by atoms with E-state index in [0.717, 1.165) is 45.6 Å². The van der Waals surface area contributed by atoms with Crippen molar-refractivity contribution in [2.45, 2.75) is 33.1 Å². The molecule has 168 valence electrons. The van der Waals surface area contributed by atoms with Crippen molar-refractivity contribution in [2.24, 2.45) is 21.7 Å². The molecule has 1 saturated heterocycles. The SMILES string of the molecule is C/C(=N\N=C(N)N)c1sc(-c2ccc(OCCCCCN3CCSCC3)cc2)nc1C. The number of nitrogens with two attached hydrogens (primary N) is 2. The Bertz CT molecular complexity index is 884. The molecule has 4 N–H and O–H groups in total. The molecule has 2 aromatic rings. The van der Waals surface area contributed by atoms with Crippen LogP contribution in [-0.2, 0) is 0 Å². The average Bonchev–Trinajstić information content (AvgIpc) is 3.17. The lowest BCUT2D eigenvalue weighted by molar-refractivity contribution is 0.276. The summed E-state index contributed by atoms with van der Waals surface area (Å²) < 4.78 is 5.92. The molecule has 31 heavy (non-hydrogen) atoms. The number of aromatic nitrogens is 1. The first-order valence-electron chi connectivity index (χ1n) is 10.7. The quantitative estimate of drug-likeness (QED) is 0.242. The van der Waals surface area contributed by atoms with Crippen LogP contribution in [0.3, 0.4) is 0 Å². The number of benzene rings is 1. The highest BCUT2D eigenvalue weighted by Gasteiger charge is 2.12. The molecule has 2 heterocycles. The fourth-order valence-corrected chi connectivity index (χ4v) is 5.35. The van der Waals surface area contributed by atoms with Gasteiger partial charge < -0.3 is 21.1 Å². The molecule has 1 aromatic heterocycles. The maximum atomic E-state index is 5.92. The lowest BCUT2D eigenvalue weighted by Crippen LogP contribution is -2.33. The zero-order valence-corrected chi connectivity index (χ0v) is 20.0. The summed E-state index contributed by atoms with van der Waals surface area (Å²) in [6.07, 6.45) is 3.56. The predicted octanol–water partition coefficient (Wildman–Crippen LogP) is 3.71. The maximum Gasteiger partial charge on any atom is 0.211 e. The number of hydrogen-bond acceptors (Lipinski definition) is 7. The van der Waals surface area contributed by atoms with Crippen LogP contribution in [0.25, 0.3) is 10.6 Å². The van der Waals surface area contributed by atoms with E-state index >= 15 is 0 Å². The number of nitrogens with zero attached hydrogens (tertiary/aromatic N) is 4. The largest absolute Gasteiger partial charge is 0.494 e. The number of rotatable bonds is 10. The van der Waals surface area contributed by atoms with Gasteiger partial charge >= 0.3 is 0 Å². The van der Waals surface area contributed by atoms with E-state index < -0.39 is 0 Å². The molecule has 0 spiro atoms. The lowest BCUT2D eigenvalue weighted by Gasteiger charge is -2.25. The standard InChI is InChI=1S/C22H32N6OS2/c1-16-20(17(2)26-27-22(23)24)31-21(25-16)18-6-8-19(9-7-18)29-13-5-3-4-10-28-11-14-30-15-12-28/h6-9H,3-5,10-15H2,1-2H3,(H4,23,24,27)/b26-17+. The van der Waals surface area contributed by atoms with Crippen LogP contribution in [0.2, 0.25) is 0 Å². The van der Waals surface area contributed by atoms with Crippen molar-refractivity contribution in [3.8, 4) is 16.3 Å². The van der Waals surface area contributed by atoms with Gasteiger partial charge in [-0.25, -0.2) is 4.98 Å². The first-order valence-corrected chi connectivity index (χ1v) is 12.6. The van der Waals surface area contributed by atoms with Crippen LogP contribution in [0, 0.1) is 6.92 Å². The van der Waals surface area contributed by atoms with Crippen LogP contribution >= 0.6 is 23.1 Å². The predicted molar refractivity (Wildman–Crippen MR) is 133 cm³/mol. The zero-order valence-electron chi connectivity index (χ0n) is 18.3. The van der Waals surface area contributed by atoms with Gasteiger partial charge in [0.2, 0.25) is 5.96 Å². The first kappa shape index (κ1) is 23.6. The minimum Gasteiger partial charge on any atom is -0.494 e. The molecule has 7 nitrogen and oxygen atoms in total. The van der Waals surface area contributed by atoms with Gasteiger partial charge in [-0.05, 0) is 63.9 Å². The molecule has 1 aliphatic heterocycles. The summed E-state index contributed by atoms with van der Waals surface area (Å²) in [6.45, 7) is 8.31. The second-order valence-electron chi connectivity index (χ2n) is 7.53. The maximum absolute atomic E-state index is 5.92. The average molecular weight is 461 g/mol. The van der Waals surface area contributed by atoms with Gasteiger partial charge in [-0.2, -0.15) is 16.9 Å². The summed E-state index contributed by atoms with van der Waals surface area (Å²) >= 11 is 3.64. The Kier molecular flexibility index (Phi) is 9.17. The van der Waals surface area contributed by atoms with E-state index in [1.165, 1.54) is 44.0 Å². The van der Waals surface area contributed by atoms with Crippen molar-refractivity contribution in [1.29, 1.82) is 0 Å². The van der Waals surface area contributed by atoms with Crippen molar-refractivity contribution in [3.63, 3.8) is 0 Å². The van der Waals surface area contributed by atoms with Crippen LogP contribution in [0.5, 0.6) is 5.75 Å². The van der Waals surface area contributed by atoms with Gasteiger partial charge in [-0.15, -0.1) is 16.4 Å². The number of guanidine groups is 1. The normalized spacial score (nSPS) is 15.1. The van der Waals surface area contributed by atoms with Gasteiger partial charge in [-0.1, -0.05) is 0 Å². The van der Waals surface area contributed by atoms with E-state index in [-0.39, 0.29) is 5.96 Å². The van der Waals surface area contributed by atoms with Gasteiger partial charge in [-0.3, -0.25) is 0 Å². The summed E-state index contributed by atoms with van der Waals surface area (Å²) in [4.78, 5) is 8.23. The number of aryl methyl sites for hydroxylation is 1. The summed E-state index contributed by atoms with van der Waals surface area (Å²) in [5.74, 6) is 3.41. The molecule has 0 amide bonds. The van der Waals surface area contributed by atoms with E-state index in [1.54, 1.807) is 11.3 Å². The number of unbranched alkanes of at least 4 members (excludes halogenated alkanes) is 2. The summed E-state index contributed by atoms with van der Waals surface area (Å²) in [5.41, 5.74) is 13.4. The van der Waals surface area contributed by atoms with Crippen LogP contribution in [0.1, 0.15) is 36.8 Å². The van der Waals surface area contributed by atoms with Gasteiger partial charge in [0.25, 0.3) is 0 Å². The van der Waals surface area contributed by atoms with Gasteiger partial charge in [0.05, 0.1) is 22.9 Å². The molecular formula is C22H32N6OS2. The van der Waals surface area contributed by atoms with Crippen molar-refractivity contribution < 1.29 is 4.74 Å². The number of thiazole rings is 1. The van der Waals surface area contributed by atoms with Crippen molar-refractivity contribution in [2.75, 3.05) is 37.7 Å². The highest BCUT2D eigenvalue weighted by molar-refractivity contribution is 7.99. The molecule has 0 bridgehead atoms. The van der Waals surface area contributed by atoms with E-state index in [1.807, 2.05) is 38.1 Å². The van der Waals surface area contributed by atoms with E-state index in [0.29, 0.717) is 0 Å². The van der Waals surface area contributed by atoms with Gasteiger partial charge in [0.15, 0.2) is 0 Å². The fourth-order valence-electron chi connectivity index (χ4n) is 3.36. The fraction of sp³-hybridized carbons (Fsp3) is 0.500. The monoisotopic (exact) mass is 460 g/mol. The van der Waals surface area contributed by atoms with E-state index in [2.05, 4.69) is 31.8 Å². The van der Waals surface area contributed by atoms with E-state index in [9.17, 15) is 0 Å². The number of hydrogen-bond donors (Lipinski definition) is 2. The molecule has 0 aliphatic carbocycles. The van der Waals surface area contributed by atoms with Crippen LogP contribution in [0.15, 0.2) is 34.5 Å². The summed E-state index contributed by atoms with van der Waals surface area (Å²) in [7, 11) is 0. The Balaban J connectivity index is 1.45. The third-order valence-corrected chi connectivity index (χ3v) is 7.29. The van der Waals surface area contributed by atoms with Crippen LogP contribution in [0.4, 0.5) is 0 Å². The Morgan fingerprint density at radius 3 is 2.55 bits per heavy atom. The summed E-state index contributed by atoms with van der Waals surface area (Å²) in [5, 5.41) is 8.72. The Morgan fingerprint density at radius 1 is 1.10 bits per heavy atom. The second kappa shape index (κ2) is 12.1. The molecule has 0 unspecified atom stereocenters. The molecule has 1 fully saturated rings. The van der Waals surface area contributed by atoms with Crippen molar-refractivity contribution in [3.05, 3.63) is 34.8 Å². The Labute approximate surface area is 193 Å². The van der Waals surface area contributed by atoms with Crippen molar-refractivity contribution >= 4 is 34.8 Å². The highest BCUT2D eigenvalue weighted by Crippen LogP contribution is 2.29. The minimum atomic E-state index is -0.0569. The highest BCUT2D eigenvalue weighted by atomic mass is 32.2. The number of ether oxygens (including phenoxy) is 1. The smallest absolute Gasteiger partial charge is 0.211 e. The topological polar surface area (TPSA) is 102 Å². The number of thioether (sulfide) groups is 1. The Hall–Kier alpha value is -2.10. The van der Waals surface area contributed by atoms with Gasteiger partial charge in [0, 0.05) is 30.2 Å². The van der Waals surface area contributed by atoms with Crippen LogP contribution < -0.4 is 16.2 Å². The molecule has 9 heteroatoms. The summed E-state index contributed by atoms with van der Waals surface area (Å²) in [6, 6.07) is 8.12. The molecule has 3 rings (SSSR count). The third-order valence-electron chi connectivity index (χ3n) is 5.03. The molecule has 0 saturated carbocycles. The second-order valence-corrected chi connectivity index (χ2v) is 9.76. The minimum absolute atomic E-state index is 0.0569. The molecular weight excluding hydrogens is 428 g/mol. The van der Waals surface area contributed by atoms with Gasteiger partial charge in [0.1, 0.15) is 10.8 Å². The Morgan fingerprint density at radius 2 is 1.84 bits per heavy atom. The lowest BCUT2D eigenvalue weighted by atomic mass is 10.2. The molecule has 0 radical (unpaired) electrons. The van der Waals surface area contributed by atoms with Crippen molar-refractivity contribution in [1.82, 2.24) is 9.88 Å². The zero-order chi connectivity index (χ0) is 22.1. The molecule has 0 atom stereocenters.